The molecule has 0 fully saturated rings. The molecule has 124 valence electrons. The number of fused-ring (bicyclic) bond motifs is 1. The average molecular weight is 322 g/mol. The van der Waals surface area contributed by atoms with Crippen LogP contribution in [0.3, 0.4) is 0 Å². The van der Waals surface area contributed by atoms with E-state index in [0.717, 1.165) is 47.5 Å². The molecule has 0 amide bonds. The fraction of sp³-hybridized carbons (Fsp3) is 0.316. The molecule has 0 aliphatic rings. The van der Waals surface area contributed by atoms with Gasteiger partial charge in [-0.15, -0.1) is 0 Å². The first-order chi connectivity index (χ1) is 11.8. The summed E-state index contributed by atoms with van der Waals surface area (Å²) in [6.07, 6.45) is 5.76. The van der Waals surface area contributed by atoms with Crippen molar-refractivity contribution in [2.75, 3.05) is 11.9 Å². The van der Waals surface area contributed by atoms with Crippen LogP contribution >= 0.6 is 0 Å². The zero-order valence-electron chi connectivity index (χ0n) is 14.1. The second-order valence-corrected chi connectivity index (χ2v) is 5.69. The Kier molecular flexibility index (Phi) is 5.21. The summed E-state index contributed by atoms with van der Waals surface area (Å²) >= 11 is 0. The second kappa shape index (κ2) is 7.73. The number of unbranched alkanes of at least 4 members (excludes halogenated alkanes) is 1. The molecular formula is C19H22N4O. The van der Waals surface area contributed by atoms with Gasteiger partial charge in [0.2, 0.25) is 0 Å². The number of aromatic nitrogens is 3. The summed E-state index contributed by atoms with van der Waals surface area (Å²) in [5.41, 5.74) is 2.02. The van der Waals surface area contributed by atoms with Crippen LogP contribution in [0.2, 0.25) is 0 Å². The monoisotopic (exact) mass is 322 g/mol. The molecule has 0 atom stereocenters. The zero-order chi connectivity index (χ0) is 16.8. The molecule has 5 nitrogen and oxygen atoms in total. The van der Waals surface area contributed by atoms with Crippen LogP contribution in [0.1, 0.15) is 31.2 Å². The lowest BCUT2D eigenvalue weighted by Gasteiger charge is -2.13. The standard InChI is InChI=1S/C19H22N4O/c1-3-4-10-21-19-17(12-22-14(2)23-19)24-13-16-8-5-7-15-9-6-11-20-18(15)16/h5-9,11-12H,3-4,10,13H2,1-2H3,(H,21,22,23). The van der Waals surface area contributed by atoms with E-state index in [2.05, 4.69) is 39.3 Å². The molecule has 0 bridgehead atoms. The Morgan fingerprint density at radius 1 is 1.12 bits per heavy atom. The molecule has 1 aromatic carbocycles. The number of nitrogens with one attached hydrogen (secondary N) is 1. The van der Waals surface area contributed by atoms with Crippen LogP contribution in [0.25, 0.3) is 10.9 Å². The maximum absolute atomic E-state index is 5.99. The summed E-state index contributed by atoms with van der Waals surface area (Å²) in [6, 6.07) is 10.1. The van der Waals surface area contributed by atoms with Crippen molar-refractivity contribution in [3.8, 4) is 5.75 Å². The molecule has 5 heteroatoms. The van der Waals surface area contributed by atoms with Gasteiger partial charge in [0.1, 0.15) is 12.4 Å². The van der Waals surface area contributed by atoms with E-state index in [0.29, 0.717) is 12.4 Å². The van der Waals surface area contributed by atoms with Crippen LogP contribution in [-0.2, 0) is 6.61 Å². The number of aryl methyl sites for hydroxylation is 1. The van der Waals surface area contributed by atoms with Gasteiger partial charge in [-0.05, 0) is 19.4 Å². The number of pyridine rings is 1. The minimum absolute atomic E-state index is 0.434. The van der Waals surface area contributed by atoms with Crippen molar-refractivity contribution in [2.24, 2.45) is 0 Å². The van der Waals surface area contributed by atoms with Crippen LogP contribution in [0.5, 0.6) is 5.75 Å². The van der Waals surface area contributed by atoms with Gasteiger partial charge in [-0.1, -0.05) is 37.6 Å². The highest BCUT2D eigenvalue weighted by molar-refractivity contribution is 5.81. The van der Waals surface area contributed by atoms with Crippen LogP contribution in [0.15, 0.2) is 42.7 Å². The SMILES string of the molecule is CCCCNc1nc(C)ncc1OCc1cccc2cccnc12. The predicted molar refractivity (Wildman–Crippen MR) is 96.2 cm³/mol. The van der Waals surface area contributed by atoms with Gasteiger partial charge in [0.05, 0.1) is 11.7 Å². The van der Waals surface area contributed by atoms with Crippen molar-refractivity contribution >= 4 is 16.7 Å². The van der Waals surface area contributed by atoms with E-state index in [1.165, 1.54) is 0 Å². The molecule has 24 heavy (non-hydrogen) atoms. The van der Waals surface area contributed by atoms with Crippen molar-refractivity contribution in [1.29, 1.82) is 0 Å². The Labute approximate surface area is 142 Å². The fourth-order valence-corrected chi connectivity index (χ4v) is 2.51. The topological polar surface area (TPSA) is 59.9 Å². The maximum Gasteiger partial charge on any atom is 0.180 e. The minimum Gasteiger partial charge on any atom is -0.483 e. The third kappa shape index (κ3) is 3.79. The van der Waals surface area contributed by atoms with Crippen LogP contribution < -0.4 is 10.1 Å². The van der Waals surface area contributed by atoms with Crippen molar-refractivity contribution in [1.82, 2.24) is 15.0 Å². The number of hydrogen-bond donors (Lipinski definition) is 1. The molecule has 0 aliphatic carbocycles. The summed E-state index contributed by atoms with van der Waals surface area (Å²) < 4.78 is 5.99. The number of para-hydroxylation sites is 1. The molecule has 3 aromatic rings. The van der Waals surface area contributed by atoms with Gasteiger partial charge >= 0.3 is 0 Å². The van der Waals surface area contributed by atoms with Gasteiger partial charge in [-0.25, -0.2) is 9.97 Å². The number of hydrogen-bond acceptors (Lipinski definition) is 5. The van der Waals surface area contributed by atoms with E-state index in [9.17, 15) is 0 Å². The fourth-order valence-electron chi connectivity index (χ4n) is 2.51. The molecule has 0 aliphatic heterocycles. The van der Waals surface area contributed by atoms with E-state index >= 15 is 0 Å². The van der Waals surface area contributed by atoms with Gasteiger partial charge in [-0.2, -0.15) is 0 Å². The van der Waals surface area contributed by atoms with Crippen molar-refractivity contribution < 1.29 is 4.74 Å². The number of rotatable bonds is 7. The summed E-state index contributed by atoms with van der Waals surface area (Å²) in [5, 5.41) is 4.45. The average Bonchev–Trinajstić information content (AvgIpc) is 2.61. The van der Waals surface area contributed by atoms with E-state index in [1.54, 1.807) is 12.4 Å². The summed E-state index contributed by atoms with van der Waals surface area (Å²) in [5.74, 6) is 2.15. The predicted octanol–water partition coefficient (Wildman–Crippen LogP) is 4.12. The Morgan fingerprint density at radius 2 is 2.00 bits per heavy atom. The minimum atomic E-state index is 0.434. The largest absolute Gasteiger partial charge is 0.483 e. The first-order valence-electron chi connectivity index (χ1n) is 8.31. The smallest absolute Gasteiger partial charge is 0.180 e. The number of nitrogens with zero attached hydrogens (tertiary/aromatic N) is 3. The van der Waals surface area contributed by atoms with E-state index < -0.39 is 0 Å². The van der Waals surface area contributed by atoms with Crippen LogP contribution in [0.4, 0.5) is 5.82 Å². The zero-order valence-corrected chi connectivity index (χ0v) is 14.1. The molecule has 0 saturated heterocycles. The molecule has 0 unspecified atom stereocenters. The van der Waals surface area contributed by atoms with Gasteiger partial charge in [0.25, 0.3) is 0 Å². The second-order valence-electron chi connectivity index (χ2n) is 5.69. The quantitative estimate of drug-likeness (QED) is 0.663. The van der Waals surface area contributed by atoms with Gasteiger partial charge in [0, 0.05) is 23.7 Å². The first kappa shape index (κ1) is 16.2. The number of benzene rings is 1. The van der Waals surface area contributed by atoms with Crippen molar-refractivity contribution in [3.05, 3.63) is 54.1 Å². The van der Waals surface area contributed by atoms with Crippen molar-refractivity contribution in [2.45, 2.75) is 33.3 Å². The third-order valence-electron chi connectivity index (χ3n) is 3.80. The normalized spacial score (nSPS) is 10.8. The molecule has 0 radical (unpaired) electrons. The molecular weight excluding hydrogens is 300 g/mol. The Bertz CT molecular complexity index is 814. The number of ether oxygens (including phenoxy) is 1. The maximum atomic E-state index is 5.99. The number of anilines is 1. The molecule has 2 aromatic heterocycles. The third-order valence-corrected chi connectivity index (χ3v) is 3.80. The van der Waals surface area contributed by atoms with E-state index in [1.807, 2.05) is 25.1 Å². The summed E-state index contributed by atoms with van der Waals surface area (Å²) in [4.78, 5) is 13.2. The van der Waals surface area contributed by atoms with E-state index in [4.69, 9.17) is 4.74 Å². The Hall–Kier alpha value is -2.69. The lowest BCUT2D eigenvalue weighted by molar-refractivity contribution is 0.306. The highest BCUT2D eigenvalue weighted by atomic mass is 16.5. The molecule has 0 saturated carbocycles. The highest BCUT2D eigenvalue weighted by Crippen LogP contribution is 2.24. The molecule has 2 heterocycles. The van der Waals surface area contributed by atoms with Gasteiger partial charge < -0.3 is 10.1 Å². The summed E-state index contributed by atoms with van der Waals surface area (Å²) in [7, 11) is 0. The van der Waals surface area contributed by atoms with Gasteiger partial charge in [0.15, 0.2) is 11.6 Å². The Morgan fingerprint density at radius 3 is 2.88 bits per heavy atom. The summed E-state index contributed by atoms with van der Waals surface area (Å²) in [6.45, 7) is 5.35. The first-order valence-corrected chi connectivity index (χ1v) is 8.31. The molecule has 3 rings (SSSR count). The van der Waals surface area contributed by atoms with Crippen molar-refractivity contribution in [3.63, 3.8) is 0 Å². The Balaban J connectivity index is 1.78. The van der Waals surface area contributed by atoms with Gasteiger partial charge in [-0.3, -0.25) is 4.98 Å². The lowest BCUT2D eigenvalue weighted by Crippen LogP contribution is -2.08. The highest BCUT2D eigenvalue weighted by Gasteiger charge is 2.08. The molecule has 1 N–H and O–H groups in total. The van der Waals surface area contributed by atoms with E-state index in [-0.39, 0.29) is 0 Å². The van der Waals surface area contributed by atoms with Crippen LogP contribution in [-0.4, -0.2) is 21.5 Å². The van der Waals surface area contributed by atoms with Crippen LogP contribution in [0, 0.1) is 6.92 Å². The lowest BCUT2D eigenvalue weighted by atomic mass is 10.1. The molecule has 0 spiro atoms.